The molecule has 0 saturated carbocycles. The predicted octanol–water partition coefficient (Wildman–Crippen LogP) is -0.348. The van der Waals surface area contributed by atoms with Crippen molar-refractivity contribution in [2.75, 3.05) is 38.0 Å². The van der Waals surface area contributed by atoms with Crippen LogP contribution >= 0.6 is 0 Å². The second-order valence-corrected chi connectivity index (χ2v) is 4.69. The lowest BCUT2D eigenvalue weighted by Gasteiger charge is -2.12. The van der Waals surface area contributed by atoms with Crippen molar-refractivity contribution in [2.24, 2.45) is 0 Å². The minimum atomic E-state index is -0.381. The standard InChI is InChI=1S/C12H16N6O2/c1-17(2)11-13-5-7(9(19)15-11)8-6-14-12(18(3)4)16-10(8)20/h5-6H,1-4H3,(H,13,15,19)(H,14,16,20). The molecule has 0 radical (unpaired) electrons. The first-order valence-corrected chi connectivity index (χ1v) is 5.94. The van der Waals surface area contributed by atoms with Crippen LogP contribution in [0.25, 0.3) is 11.1 Å². The number of nitrogens with one attached hydrogen (secondary N) is 2. The highest BCUT2D eigenvalue weighted by molar-refractivity contribution is 5.60. The normalized spacial score (nSPS) is 10.4. The van der Waals surface area contributed by atoms with Crippen LogP contribution in [-0.2, 0) is 0 Å². The number of nitrogens with zero attached hydrogens (tertiary/aromatic N) is 4. The zero-order valence-corrected chi connectivity index (χ0v) is 11.8. The number of rotatable bonds is 3. The van der Waals surface area contributed by atoms with Crippen molar-refractivity contribution in [1.82, 2.24) is 19.9 Å². The van der Waals surface area contributed by atoms with Crippen LogP contribution in [0.5, 0.6) is 0 Å². The third kappa shape index (κ3) is 2.53. The van der Waals surface area contributed by atoms with Gasteiger partial charge in [0.05, 0.1) is 11.1 Å². The molecule has 2 aromatic rings. The fourth-order valence-electron chi connectivity index (χ4n) is 1.61. The molecule has 0 bridgehead atoms. The Labute approximate surface area is 115 Å². The highest BCUT2D eigenvalue weighted by atomic mass is 16.1. The van der Waals surface area contributed by atoms with E-state index in [2.05, 4.69) is 19.9 Å². The number of hydrogen-bond acceptors (Lipinski definition) is 6. The molecule has 20 heavy (non-hydrogen) atoms. The summed E-state index contributed by atoms with van der Waals surface area (Å²) < 4.78 is 0. The first kappa shape index (κ1) is 13.8. The summed E-state index contributed by atoms with van der Waals surface area (Å²) in [5.41, 5.74) is -0.383. The van der Waals surface area contributed by atoms with Gasteiger partial charge in [-0.15, -0.1) is 0 Å². The maximum atomic E-state index is 12.0. The highest BCUT2D eigenvalue weighted by Gasteiger charge is 2.11. The molecule has 0 spiro atoms. The Kier molecular flexibility index (Phi) is 3.55. The maximum absolute atomic E-state index is 12.0. The molecule has 2 N–H and O–H groups in total. The lowest BCUT2D eigenvalue weighted by atomic mass is 10.2. The van der Waals surface area contributed by atoms with Gasteiger partial charge in [0.2, 0.25) is 11.9 Å². The number of anilines is 2. The summed E-state index contributed by atoms with van der Waals surface area (Å²) in [7, 11) is 7.05. The van der Waals surface area contributed by atoms with Crippen LogP contribution < -0.4 is 20.9 Å². The molecule has 8 heteroatoms. The minimum Gasteiger partial charge on any atom is -0.348 e. The van der Waals surface area contributed by atoms with E-state index in [-0.39, 0.29) is 22.2 Å². The van der Waals surface area contributed by atoms with Crippen LogP contribution in [0.3, 0.4) is 0 Å². The molecule has 0 aliphatic rings. The highest BCUT2D eigenvalue weighted by Crippen LogP contribution is 2.10. The number of hydrogen-bond donors (Lipinski definition) is 2. The van der Waals surface area contributed by atoms with Gasteiger partial charge in [-0.1, -0.05) is 0 Å². The van der Waals surface area contributed by atoms with E-state index < -0.39 is 0 Å². The van der Waals surface area contributed by atoms with Crippen molar-refractivity contribution in [2.45, 2.75) is 0 Å². The molecule has 2 heterocycles. The quantitative estimate of drug-likeness (QED) is 0.795. The Balaban J connectivity index is 2.53. The van der Waals surface area contributed by atoms with Gasteiger partial charge in [-0.25, -0.2) is 9.97 Å². The molecule has 0 aliphatic heterocycles. The van der Waals surface area contributed by atoms with Crippen LogP contribution in [-0.4, -0.2) is 48.1 Å². The summed E-state index contributed by atoms with van der Waals surface area (Å²) in [6.07, 6.45) is 2.74. The van der Waals surface area contributed by atoms with E-state index >= 15 is 0 Å². The van der Waals surface area contributed by atoms with Crippen LogP contribution in [0.15, 0.2) is 22.0 Å². The van der Waals surface area contributed by atoms with Crippen molar-refractivity contribution in [3.05, 3.63) is 33.1 Å². The number of aromatic nitrogens is 4. The van der Waals surface area contributed by atoms with Gasteiger partial charge in [0.25, 0.3) is 11.1 Å². The lowest BCUT2D eigenvalue weighted by molar-refractivity contribution is 0.969. The summed E-state index contributed by atoms with van der Waals surface area (Å²) in [6.45, 7) is 0. The molecule has 8 nitrogen and oxygen atoms in total. The molecular formula is C12H16N6O2. The van der Waals surface area contributed by atoms with E-state index in [0.29, 0.717) is 11.9 Å². The van der Waals surface area contributed by atoms with Crippen LogP contribution in [0.1, 0.15) is 0 Å². The van der Waals surface area contributed by atoms with Gasteiger partial charge in [-0.2, -0.15) is 0 Å². The molecule has 2 aromatic heterocycles. The summed E-state index contributed by atoms with van der Waals surface area (Å²) in [5, 5.41) is 0. The Morgan fingerprint density at radius 3 is 1.40 bits per heavy atom. The van der Waals surface area contributed by atoms with Gasteiger partial charge < -0.3 is 9.80 Å². The molecular weight excluding hydrogens is 260 g/mol. The lowest BCUT2D eigenvalue weighted by Crippen LogP contribution is -2.23. The molecule has 0 fully saturated rings. The van der Waals surface area contributed by atoms with E-state index in [1.165, 1.54) is 12.4 Å². The molecule has 0 amide bonds. The Bertz CT molecular complexity index is 668. The first-order valence-electron chi connectivity index (χ1n) is 5.94. The maximum Gasteiger partial charge on any atom is 0.260 e. The van der Waals surface area contributed by atoms with Crippen LogP contribution in [0.4, 0.5) is 11.9 Å². The number of aromatic amines is 2. The van der Waals surface area contributed by atoms with E-state index in [1.807, 2.05) is 0 Å². The SMILES string of the molecule is CN(C)c1ncc(-c2cnc(N(C)C)[nH]c2=O)c(=O)[nH]1. The van der Waals surface area contributed by atoms with E-state index in [9.17, 15) is 9.59 Å². The van der Waals surface area contributed by atoms with Crippen molar-refractivity contribution < 1.29 is 0 Å². The summed E-state index contributed by atoms with van der Waals surface area (Å²) in [4.78, 5) is 40.7. The van der Waals surface area contributed by atoms with Crippen molar-refractivity contribution in [3.63, 3.8) is 0 Å². The first-order chi connectivity index (χ1) is 9.40. The van der Waals surface area contributed by atoms with Gasteiger partial charge in [0.15, 0.2) is 0 Å². The van der Waals surface area contributed by atoms with E-state index in [4.69, 9.17) is 0 Å². The Morgan fingerprint density at radius 2 is 1.15 bits per heavy atom. The molecule has 0 unspecified atom stereocenters. The van der Waals surface area contributed by atoms with Gasteiger partial charge >= 0.3 is 0 Å². The average Bonchev–Trinajstić information content (AvgIpc) is 2.38. The van der Waals surface area contributed by atoms with E-state index in [0.717, 1.165) is 0 Å². The second kappa shape index (κ2) is 5.16. The van der Waals surface area contributed by atoms with Crippen molar-refractivity contribution >= 4 is 11.9 Å². The second-order valence-electron chi connectivity index (χ2n) is 4.69. The monoisotopic (exact) mass is 276 g/mol. The fourth-order valence-corrected chi connectivity index (χ4v) is 1.61. The topological polar surface area (TPSA) is 98.0 Å². The largest absolute Gasteiger partial charge is 0.348 e. The Morgan fingerprint density at radius 1 is 0.800 bits per heavy atom. The molecule has 0 saturated heterocycles. The van der Waals surface area contributed by atoms with E-state index in [1.54, 1.807) is 38.0 Å². The summed E-state index contributed by atoms with van der Waals surface area (Å²) in [5.74, 6) is 0.848. The summed E-state index contributed by atoms with van der Waals surface area (Å²) in [6, 6.07) is 0. The smallest absolute Gasteiger partial charge is 0.260 e. The zero-order valence-electron chi connectivity index (χ0n) is 11.8. The van der Waals surface area contributed by atoms with Crippen LogP contribution in [0, 0.1) is 0 Å². The number of H-pyrrole nitrogens is 2. The third-order valence-electron chi connectivity index (χ3n) is 2.71. The van der Waals surface area contributed by atoms with Crippen molar-refractivity contribution in [3.8, 4) is 11.1 Å². The average molecular weight is 276 g/mol. The van der Waals surface area contributed by atoms with Gasteiger partial charge in [0, 0.05) is 40.6 Å². The third-order valence-corrected chi connectivity index (χ3v) is 2.71. The molecule has 0 aromatic carbocycles. The predicted molar refractivity (Wildman–Crippen MR) is 77.4 cm³/mol. The van der Waals surface area contributed by atoms with Gasteiger partial charge in [-0.05, 0) is 0 Å². The fraction of sp³-hybridized carbons (Fsp3) is 0.333. The molecule has 0 aliphatic carbocycles. The van der Waals surface area contributed by atoms with Gasteiger partial charge in [0.1, 0.15) is 0 Å². The molecule has 2 rings (SSSR count). The molecule has 106 valence electrons. The Hall–Kier alpha value is -2.64. The van der Waals surface area contributed by atoms with Gasteiger partial charge in [-0.3, -0.25) is 19.6 Å². The minimum absolute atomic E-state index is 0.189. The molecule has 0 atom stereocenters. The summed E-state index contributed by atoms with van der Waals surface area (Å²) >= 11 is 0. The van der Waals surface area contributed by atoms with Crippen LogP contribution in [0.2, 0.25) is 0 Å². The zero-order chi connectivity index (χ0) is 14.9. The van der Waals surface area contributed by atoms with Crippen molar-refractivity contribution in [1.29, 1.82) is 0 Å².